The van der Waals surface area contributed by atoms with E-state index in [9.17, 15) is 4.39 Å². The summed E-state index contributed by atoms with van der Waals surface area (Å²) < 4.78 is 16.2. The molecule has 2 fully saturated rings. The molecule has 0 spiro atoms. The Balaban J connectivity index is 1.71. The fourth-order valence-electron chi connectivity index (χ4n) is 3.54. The molecular formula is C17H24FN7. The van der Waals surface area contributed by atoms with Crippen LogP contribution in [0.3, 0.4) is 0 Å². The molecule has 4 rings (SSSR count). The predicted octanol–water partition coefficient (Wildman–Crippen LogP) is 1.42. The first-order chi connectivity index (χ1) is 12.0. The maximum atomic E-state index is 14.5. The Labute approximate surface area is 146 Å². The number of hydrogen-bond acceptors (Lipinski definition) is 6. The molecular weight excluding hydrogens is 321 g/mol. The van der Waals surface area contributed by atoms with Gasteiger partial charge in [0.1, 0.15) is 17.2 Å². The summed E-state index contributed by atoms with van der Waals surface area (Å²) in [7, 11) is 1.83. The van der Waals surface area contributed by atoms with E-state index in [4.69, 9.17) is 11.5 Å². The van der Waals surface area contributed by atoms with Crippen molar-refractivity contribution < 1.29 is 4.39 Å². The molecule has 0 bridgehead atoms. The second kappa shape index (κ2) is 6.10. The van der Waals surface area contributed by atoms with E-state index < -0.39 is 11.4 Å². The fourth-order valence-corrected chi connectivity index (χ4v) is 3.54. The summed E-state index contributed by atoms with van der Waals surface area (Å²) in [5.74, 6) is 0.622. The topological polar surface area (TPSA) is 109 Å². The third-order valence-electron chi connectivity index (χ3n) is 5.46. The number of rotatable bonds is 4. The highest BCUT2D eigenvalue weighted by atomic mass is 19.1. The molecule has 8 heteroatoms. The van der Waals surface area contributed by atoms with Crippen molar-refractivity contribution in [1.82, 2.24) is 25.0 Å². The van der Waals surface area contributed by atoms with Crippen molar-refractivity contribution in [2.45, 2.75) is 56.5 Å². The van der Waals surface area contributed by atoms with E-state index in [-0.39, 0.29) is 11.7 Å². The van der Waals surface area contributed by atoms with Crippen molar-refractivity contribution in [2.24, 2.45) is 24.4 Å². The van der Waals surface area contributed by atoms with Gasteiger partial charge in [0.05, 0.1) is 17.4 Å². The molecule has 2 heterocycles. The SMILES string of the molecule is Cn1nnc(-c2nc(C3(N)CCC(N)CC3)ncc2F)c1CC1CC1. The molecule has 0 saturated heterocycles. The Morgan fingerprint density at radius 2 is 1.96 bits per heavy atom. The largest absolute Gasteiger partial charge is 0.328 e. The summed E-state index contributed by atoms with van der Waals surface area (Å²) in [4.78, 5) is 8.68. The van der Waals surface area contributed by atoms with Gasteiger partial charge in [-0.15, -0.1) is 5.10 Å². The number of hydrogen-bond donors (Lipinski definition) is 2. The van der Waals surface area contributed by atoms with Crippen LogP contribution < -0.4 is 11.5 Å². The third kappa shape index (κ3) is 3.16. The first kappa shape index (κ1) is 16.5. The van der Waals surface area contributed by atoms with Crippen LogP contribution in [-0.4, -0.2) is 31.0 Å². The van der Waals surface area contributed by atoms with Crippen LogP contribution in [0.2, 0.25) is 0 Å². The highest BCUT2D eigenvalue weighted by Gasteiger charge is 2.36. The van der Waals surface area contributed by atoms with Crippen molar-refractivity contribution in [1.29, 1.82) is 0 Å². The smallest absolute Gasteiger partial charge is 0.169 e. The van der Waals surface area contributed by atoms with Gasteiger partial charge < -0.3 is 11.5 Å². The Kier molecular flexibility index (Phi) is 4.04. The normalized spacial score (nSPS) is 26.8. The van der Waals surface area contributed by atoms with Gasteiger partial charge in [-0.05, 0) is 50.9 Å². The molecule has 0 aromatic carbocycles. The van der Waals surface area contributed by atoms with Crippen molar-refractivity contribution in [2.75, 3.05) is 0 Å². The number of aryl methyl sites for hydroxylation is 1. The van der Waals surface area contributed by atoms with E-state index in [1.807, 2.05) is 7.05 Å². The molecule has 134 valence electrons. The lowest BCUT2D eigenvalue weighted by molar-refractivity contribution is 0.264. The highest BCUT2D eigenvalue weighted by Crippen LogP contribution is 2.36. The van der Waals surface area contributed by atoms with Gasteiger partial charge in [-0.25, -0.2) is 14.4 Å². The third-order valence-corrected chi connectivity index (χ3v) is 5.46. The van der Waals surface area contributed by atoms with Crippen LogP contribution in [0.1, 0.15) is 50.0 Å². The predicted molar refractivity (Wildman–Crippen MR) is 90.7 cm³/mol. The van der Waals surface area contributed by atoms with E-state index in [1.165, 1.54) is 19.0 Å². The van der Waals surface area contributed by atoms with Crippen molar-refractivity contribution in [3.63, 3.8) is 0 Å². The zero-order valence-corrected chi connectivity index (χ0v) is 14.5. The van der Waals surface area contributed by atoms with Crippen molar-refractivity contribution >= 4 is 0 Å². The van der Waals surface area contributed by atoms with Gasteiger partial charge in [-0.2, -0.15) is 0 Å². The van der Waals surface area contributed by atoms with Gasteiger partial charge in [0.15, 0.2) is 5.82 Å². The van der Waals surface area contributed by atoms with Crippen LogP contribution in [0.25, 0.3) is 11.4 Å². The molecule has 4 N–H and O–H groups in total. The van der Waals surface area contributed by atoms with Crippen molar-refractivity contribution in [3.8, 4) is 11.4 Å². The van der Waals surface area contributed by atoms with Crippen LogP contribution >= 0.6 is 0 Å². The van der Waals surface area contributed by atoms with Crippen LogP contribution in [0, 0.1) is 11.7 Å². The van der Waals surface area contributed by atoms with Gasteiger partial charge in [0.25, 0.3) is 0 Å². The zero-order chi connectivity index (χ0) is 17.6. The molecule has 7 nitrogen and oxygen atoms in total. The molecule has 0 atom stereocenters. The van der Waals surface area contributed by atoms with E-state index in [0.717, 1.165) is 25.0 Å². The standard InChI is InChI=1S/C17H24FN7/c1-25-13(8-10-2-3-10)15(23-24-25)14-12(18)9-21-16(22-14)17(20)6-4-11(19)5-7-17/h9-11H,2-8,19-20H2,1H3. The molecule has 0 aliphatic heterocycles. The Morgan fingerprint density at radius 3 is 2.64 bits per heavy atom. The van der Waals surface area contributed by atoms with Gasteiger partial charge >= 0.3 is 0 Å². The summed E-state index contributed by atoms with van der Waals surface area (Å²) in [6, 6.07) is 0.168. The van der Waals surface area contributed by atoms with Crippen LogP contribution in [0.15, 0.2) is 6.20 Å². The summed E-state index contributed by atoms with van der Waals surface area (Å²) in [5, 5.41) is 8.25. The molecule has 0 unspecified atom stereocenters. The summed E-state index contributed by atoms with van der Waals surface area (Å²) in [6.45, 7) is 0. The molecule has 2 aromatic rings. The quantitative estimate of drug-likeness (QED) is 0.867. The zero-order valence-electron chi connectivity index (χ0n) is 14.5. The van der Waals surface area contributed by atoms with Gasteiger partial charge in [0, 0.05) is 13.1 Å². The van der Waals surface area contributed by atoms with E-state index >= 15 is 0 Å². The fraction of sp³-hybridized carbons (Fsp3) is 0.647. The molecule has 25 heavy (non-hydrogen) atoms. The minimum atomic E-state index is -0.656. The van der Waals surface area contributed by atoms with E-state index in [2.05, 4.69) is 20.3 Å². The summed E-state index contributed by atoms with van der Waals surface area (Å²) in [6.07, 6.45) is 7.51. The molecule has 2 saturated carbocycles. The second-order valence-corrected chi connectivity index (χ2v) is 7.54. The molecule has 2 aliphatic rings. The Morgan fingerprint density at radius 1 is 1.24 bits per heavy atom. The molecule has 0 radical (unpaired) electrons. The van der Waals surface area contributed by atoms with Crippen molar-refractivity contribution in [3.05, 3.63) is 23.5 Å². The Hall–Kier alpha value is -1.93. The minimum absolute atomic E-state index is 0.168. The first-order valence-corrected chi connectivity index (χ1v) is 8.93. The average molecular weight is 345 g/mol. The molecule has 2 aromatic heterocycles. The summed E-state index contributed by atoms with van der Waals surface area (Å²) >= 11 is 0. The average Bonchev–Trinajstić information content (AvgIpc) is 3.35. The lowest BCUT2D eigenvalue weighted by atomic mass is 9.80. The number of halogens is 1. The lowest BCUT2D eigenvalue weighted by Gasteiger charge is -2.34. The highest BCUT2D eigenvalue weighted by molar-refractivity contribution is 5.57. The Bertz CT molecular complexity index is 775. The van der Waals surface area contributed by atoms with Crippen LogP contribution in [0.5, 0.6) is 0 Å². The number of nitrogens with two attached hydrogens (primary N) is 2. The van der Waals surface area contributed by atoms with Gasteiger partial charge in [-0.1, -0.05) is 5.21 Å². The van der Waals surface area contributed by atoms with Gasteiger partial charge in [0.2, 0.25) is 0 Å². The molecule has 2 aliphatic carbocycles. The number of nitrogens with zero attached hydrogens (tertiary/aromatic N) is 5. The maximum Gasteiger partial charge on any atom is 0.169 e. The van der Waals surface area contributed by atoms with Crippen LogP contribution in [0.4, 0.5) is 4.39 Å². The van der Waals surface area contributed by atoms with E-state index in [1.54, 1.807) is 4.68 Å². The van der Waals surface area contributed by atoms with Crippen LogP contribution in [-0.2, 0) is 19.0 Å². The maximum absolute atomic E-state index is 14.5. The number of aromatic nitrogens is 5. The van der Waals surface area contributed by atoms with E-state index in [0.29, 0.717) is 30.3 Å². The summed E-state index contributed by atoms with van der Waals surface area (Å²) in [5.41, 5.74) is 13.5. The molecule has 0 amide bonds. The monoisotopic (exact) mass is 345 g/mol. The lowest BCUT2D eigenvalue weighted by Crippen LogP contribution is -2.45. The minimum Gasteiger partial charge on any atom is -0.328 e. The van der Waals surface area contributed by atoms with Gasteiger partial charge in [-0.3, -0.25) is 4.68 Å². The second-order valence-electron chi connectivity index (χ2n) is 7.54. The first-order valence-electron chi connectivity index (χ1n) is 8.93.